The highest BCUT2D eigenvalue weighted by Crippen LogP contribution is 2.27. The van der Waals surface area contributed by atoms with Crippen molar-refractivity contribution in [3.63, 3.8) is 0 Å². The molecule has 0 N–H and O–H groups in total. The van der Waals surface area contributed by atoms with Crippen molar-refractivity contribution in [2.45, 2.75) is 43.9 Å². The van der Waals surface area contributed by atoms with Gasteiger partial charge in [-0.05, 0) is 39.4 Å². The van der Waals surface area contributed by atoms with Crippen molar-refractivity contribution in [2.24, 2.45) is 0 Å². The highest BCUT2D eigenvalue weighted by atomic mass is 32.2. The highest BCUT2D eigenvalue weighted by molar-refractivity contribution is 7.99. The first kappa shape index (κ1) is 13.7. The summed E-state index contributed by atoms with van der Waals surface area (Å²) in [6.45, 7) is 5.91. The summed E-state index contributed by atoms with van der Waals surface area (Å²) in [6, 6.07) is -0.183. The van der Waals surface area contributed by atoms with Crippen LogP contribution in [-0.4, -0.2) is 58.3 Å². The van der Waals surface area contributed by atoms with E-state index in [4.69, 9.17) is 0 Å². The highest BCUT2D eigenvalue weighted by Gasteiger charge is 2.41. The molecule has 2 aliphatic rings. The van der Waals surface area contributed by atoms with Crippen molar-refractivity contribution < 1.29 is 9.59 Å². The van der Waals surface area contributed by atoms with E-state index in [0.29, 0.717) is 6.54 Å². The molecular formula is C13H22N2O2S. The molecule has 1 unspecified atom stereocenters. The fourth-order valence-electron chi connectivity index (χ4n) is 2.69. The van der Waals surface area contributed by atoms with Crippen molar-refractivity contribution in [1.82, 2.24) is 9.80 Å². The summed E-state index contributed by atoms with van der Waals surface area (Å²) >= 11 is 1.73. The molecule has 2 saturated heterocycles. The smallest absolute Gasteiger partial charge is 0.245 e. The zero-order valence-electron chi connectivity index (χ0n) is 11.4. The van der Waals surface area contributed by atoms with Crippen LogP contribution < -0.4 is 0 Å². The molecule has 2 aliphatic heterocycles. The number of fused-ring (bicyclic) bond motifs is 1. The lowest BCUT2D eigenvalue weighted by Crippen LogP contribution is -2.62. The molecule has 0 aromatic heterocycles. The Morgan fingerprint density at radius 1 is 1.33 bits per heavy atom. The van der Waals surface area contributed by atoms with E-state index >= 15 is 0 Å². The number of nitrogens with zero attached hydrogens (tertiary/aromatic N) is 2. The van der Waals surface area contributed by atoms with Crippen molar-refractivity contribution in [2.75, 3.05) is 25.9 Å². The minimum absolute atomic E-state index is 0.00672. The van der Waals surface area contributed by atoms with Gasteiger partial charge in [0, 0.05) is 17.8 Å². The van der Waals surface area contributed by atoms with Gasteiger partial charge in [-0.25, -0.2) is 0 Å². The largest absolute Gasteiger partial charge is 0.330 e. The first-order valence-electron chi connectivity index (χ1n) is 6.58. The van der Waals surface area contributed by atoms with Crippen LogP contribution in [0.15, 0.2) is 0 Å². The SMILES string of the molecule is CSC(C)(C)CN1CC(=O)N2CCCCC2C1=O. The Bertz CT molecular complexity index is 357. The van der Waals surface area contributed by atoms with Gasteiger partial charge in [0.15, 0.2) is 0 Å². The standard InChI is InChI=1S/C13H22N2O2S/c1-13(2,18-3)9-14-8-11(16)15-7-5-4-6-10(15)12(14)17/h10H,4-9H2,1-3H3. The number of amides is 2. The Kier molecular flexibility index (Phi) is 3.90. The Hall–Kier alpha value is -0.710. The molecular weight excluding hydrogens is 248 g/mol. The predicted molar refractivity (Wildman–Crippen MR) is 73.5 cm³/mol. The summed E-state index contributed by atoms with van der Waals surface area (Å²) in [5, 5.41) is 0. The van der Waals surface area contributed by atoms with E-state index in [1.807, 2.05) is 6.26 Å². The molecule has 0 saturated carbocycles. The molecule has 0 aliphatic carbocycles. The van der Waals surface area contributed by atoms with Gasteiger partial charge >= 0.3 is 0 Å². The maximum Gasteiger partial charge on any atom is 0.245 e. The maximum absolute atomic E-state index is 12.4. The van der Waals surface area contributed by atoms with E-state index in [0.717, 1.165) is 25.8 Å². The molecule has 0 bridgehead atoms. The van der Waals surface area contributed by atoms with Crippen LogP contribution in [0, 0.1) is 0 Å². The summed E-state index contributed by atoms with van der Waals surface area (Å²) < 4.78 is 0.00672. The van der Waals surface area contributed by atoms with Crippen LogP contribution >= 0.6 is 11.8 Å². The summed E-state index contributed by atoms with van der Waals surface area (Å²) in [4.78, 5) is 28.0. The lowest BCUT2D eigenvalue weighted by Gasteiger charge is -2.44. The minimum Gasteiger partial charge on any atom is -0.330 e. The zero-order chi connectivity index (χ0) is 13.3. The van der Waals surface area contributed by atoms with Crippen LogP contribution in [0.1, 0.15) is 33.1 Å². The summed E-state index contributed by atoms with van der Waals surface area (Å²) in [5.74, 6) is 0.271. The van der Waals surface area contributed by atoms with Crippen molar-refractivity contribution in [3.05, 3.63) is 0 Å². The van der Waals surface area contributed by atoms with Gasteiger partial charge in [0.05, 0.1) is 6.54 Å². The number of hydrogen-bond donors (Lipinski definition) is 0. The third-order valence-corrected chi connectivity index (χ3v) is 5.10. The minimum atomic E-state index is -0.183. The zero-order valence-corrected chi connectivity index (χ0v) is 12.3. The molecule has 2 heterocycles. The summed E-state index contributed by atoms with van der Waals surface area (Å²) in [6.07, 6.45) is 4.97. The van der Waals surface area contributed by atoms with E-state index in [-0.39, 0.29) is 29.1 Å². The molecule has 0 spiro atoms. The van der Waals surface area contributed by atoms with E-state index in [2.05, 4.69) is 13.8 Å². The van der Waals surface area contributed by atoms with Gasteiger partial charge in [0.2, 0.25) is 11.8 Å². The van der Waals surface area contributed by atoms with Crippen molar-refractivity contribution in [1.29, 1.82) is 0 Å². The molecule has 2 amide bonds. The second kappa shape index (κ2) is 5.11. The lowest BCUT2D eigenvalue weighted by molar-refractivity contribution is -0.158. The van der Waals surface area contributed by atoms with Crippen LogP contribution in [0.3, 0.4) is 0 Å². The second-order valence-corrected chi connectivity index (χ2v) is 7.27. The van der Waals surface area contributed by atoms with Crippen LogP contribution in [0.5, 0.6) is 0 Å². The number of carbonyl (C=O) groups excluding carboxylic acids is 2. The number of rotatable bonds is 3. The monoisotopic (exact) mass is 270 g/mol. The van der Waals surface area contributed by atoms with E-state index < -0.39 is 0 Å². The second-order valence-electron chi connectivity index (χ2n) is 5.76. The average Bonchev–Trinajstić information content (AvgIpc) is 2.35. The van der Waals surface area contributed by atoms with Gasteiger partial charge in [0.1, 0.15) is 6.04 Å². The normalized spacial score (nSPS) is 25.4. The molecule has 0 aromatic rings. The van der Waals surface area contributed by atoms with Gasteiger partial charge in [-0.2, -0.15) is 11.8 Å². The van der Waals surface area contributed by atoms with E-state index in [1.54, 1.807) is 21.6 Å². The van der Waals surface area contributed by atoms with Crippen LogP contribution in [0.25, 0.3) is 0 Å². The van der Waals surface area contributed by atoms with Crippen molar-refractivity contribution >= 4 is 23.6 Å². The van der Waals surface area contributed by atoms with Gasteiger partial charge in [-0.1, -0.05) is 0 Å². The van der Waals surface area contributed by atoms with Crippen LogP contribution in [0.4, 0.5) is 0 Å². The fourth-order valence-corrected chi connectivity index (χ4v) is 2.97. The van der Waals surface area contributed by atoms with E-state index in [1.165, 1.54) is 0 Å². The topological polar surface area (TPSA) is 40.6 Å². The van der Waals surface area contributed by atoms with Gasteiger partial charge in [-0.3, -0.25) is 9.59 Å². The third kappa shape index (κ3) is 2.66. The first-order chi connectivity index (χ1) is 8.44. The molecule has 5 heteroatoms. The third-order valence-electron chi connectivity index (χ3n) is 3.87. The number of hydrogen-bond acceptors (Lipinski definition) is 3. The molecule has 0 radical (unpaired) electrons. The van der Waals surface area contributed by atoms with Crippen molar-refractivity contribution in [3.8, 4) is 0 Å². The van der Waals surface area contributed by atoms with Gasteiger partial charge in [0.25, 0.3) is 0 Å². The molecule has 0 aromatic carbocycles. The number of thioether (sulfide) groups is 1. The molecule has 18 heavy (non-hydrogen) atoms. The Morgan fingerprint density at radius 3 is 2.72 bits per heavy atom. The average molecular weight is 270 g/mol. The first-order valence-corrected chi connectivity index (χ1v) is 7.80. The van der Waals surface area contributed by atoms with Crippen LogP contribution in [-0.2, 0) is 9.59 Å². The molecule has 2 fully saturated rings. The molecule has 102 valence electrons. The number of piperazine rings is 1. The Balaban J connectivity index is 2.10. The lowest BCUT2D eigenvalue weighted by atomic mass is 9.97. The summed E-state index contributed by atoms with van der Waals surface area (Å²) in [7, 11) is 0. The van der Waals surface area contributed by atoms with Gasteiger partial charge in [-0.15, -0.1) is 0 Å². The predicted octanol–water partition coefficient (Wildman–Crippen LogP) is 1.35. The molecule has 1 atom stereocenters. The summed E-state index contributed by atoms with van der Waals surface area (Å²) in [5.41, 5.74) is 0. The molecule has 2 rings (SSSR count). The maximum atomic E-state index is 12.4. The van der Waals surface area contributed by atoms with Crippen LogP contribution in [0.2, 0.25) is 0 Å². The number of carbonyl (C=O) groups is 2. The number of piperidine rings is 1. The fraction of sp³-hybridized carbons (Fsp3) is 0.846. The van der Waals surface area contributed by atoms with Gasteiger partial charge < -0.3 is 9.80 Å². The quantitative estimate of drug-likeness (QED) is 0.777. The Morgan fingerprint density at radius 2 is 2.06 bits per heavy atom. The van der Waals surface area contributed by atoms with E-state index in [9.17, 15) is 9.59 Å². The molecule has 4 nitrogen and oxygen atoms in total. The Labute approximate surface area is 113 Å².